The van der Waals surface area contributed by atoms with Crippen LogP contribution in [-0.4, -0.2) is 23.4 Å². The molecule has 112 valence electrons. The summed E-state index contributed by atoms with van der Waals surface area (Å²) in [6.45, 7) is 0.913. The van der Waals surface area contributed by atoms with Gasteiger partial charge in [-0.15, -0.1) is 0 Å². The molecule has 0 spiro atoms. The molecule has 1 atom stereocenters. The van der Waals surface area contributed by atoms with E-state index in [4.69, 9.17) is 4.74 Å². The summed E-state index contributed by atoms with van der Waals surface area (Å²) in [5, 5.41) is 1.67. The second kappa shape index (κ2) is 7.90. The number of ether oxygens (including phenoxy) is 1. The molecule has 1 heterocycles. The predicted octanol–water partition coefficient (Wildman–Crippen LogP) is 5.20. The highest BCUT2D eigenvalue weighted by Gasteiger charge is 2.30. The van der Waals surface area contributed by atoms with Crippen molar-refractivity contribution in [1.82, 2.24) is 0 Å². The molecule has 0 aromatic heterocycles. The van der Waals surface area contributed by atoms with Crippen molar-refractivity contribution < 1.29 is 9.13 Å². The first kappa shape index (κ1) is 16.4. The van der Waals surface area contributed by atoms with Gasteiger partial charge < -0.3 is 4.74 Å². The molecule has 1 aliphatic heterocycles. The molecule has 0 N–H and O–H groups in total. The van der Waals surface area contributed by atoms with E-state index < -0.39 is 0 Å². The van der Waals surface area contributed by atoms with E-state index in [9.17, 15) is 4.39 Å². The zero-order chi connectivity index (χ0) is 14.4. The molecule has 20 heavy (non-hydrogen) atoms. The summed E-state index contributed by atoms with van der Waals surface area (Å²) < 4.78 is 19.2. The van der Waals surface area contributed by atoms with Gasteiger partial charge in [0.15, 0.2) is 0 Å². The Morgan fingerprint density at radius 3 is 2.70 bits per heavy atom. The summed E-state index contributed by atoms with van der Waals surface area (Å²) >= 11 is 7.25. The maximum absolute atomic E-state index is 13.5. The summed E-state index contributed by atoms with van der Waals surface area (Å²) in [5.74, 6) is -0.159. The van der Waals surface area contributed by atoms with Crippen LogP contribution in [0.1, 0.15) is 37.7 Å². The molecule has 0 radical (unpaired) electrons. The SMILES string of the molecule is Fc1cccc(C(CBr)(CBr)CCCC2CCCO2)c1. The number of hydrogen-bond acceptors (Lipinski definition) is 1. The Labute approximate surface area is 137 Å². The molecular formula is C16H21Br2FO. The van der Waals surface area contributed by atoms with Crippen LogP contribution in [0.15, 0.2) is 24.3 Å². The van der Waals surface area contributed by atoms with Gasteiger partial charge in [-0.25, -0.2) is 4.39 Å². The molecule has 1 aromatic rings. The van der Waals surface area contributed by atoms with Crippen LogP contribution in [0, 0.1) is 5.82 Å². The molecule has 1 fully saturated rings. The van der Waals surface area contributed by atoms with Gasteiger partial charge in [0.2, 0.25) is 0 Å². The van der Waals surface area contributed by atoms with Crippen molar-refractivity contribution in [2.24, 2.45) is 0 Å². The van der Waals surface area contributed by atoms with Crippen LogP contribution in [-0.2, 0) is 10.2 Å². The fourth-order valence-corrected chi connectivity index (χ4v) is 4.96. The lowest BCUT2D eigenvalue weighted by Crippen LogP contribution is -2.30. The third kappa shape index (κ3) is 4.05. The Kier molecular flexibility index (Phi) is 6.50. The van der Waals surface area contributed by atoms with Crippen LogP contribution in [0.25, 0.3) is 0 Å². The van der Waals surface area contributed by atoms with Crippen molar-refractivity contribution in [2.75, 3.05) is 17.3 Å². The summed E-state index contributed by atoms with van der Waals surface area (Å²) in [6, 6.07) is 6.99. The van der Waals surface area contributed by atoms with Crippen molar-refractivity contribution in [3.05, 3.63) is 35.6 Å². The van der Waals surface area contributed by atoms with Gasteiger partial charge in [0.05, 0.1) is 6.10 Å². The van der Waals surface area contributed by atoms with Gasteiger partial charge in [0.1, 0.15) is 5.82 Å². The van der Waals surface area contributed by atoms with Gasteiger partial charge in [-0.3, -0.25) is 0 Å². The average Bonchev–Trinajstić information content (AvgIpc) is 2.97. The second-order valence-corrected chi connectivity index (χ2v) is 6.71. The van der Waals surface area contributed by atoms with Crippen LogP contribution in [0.4, 0.5) is 4.39 Å². The van der Waals surface area contributed by atoms with Crippen LogP contribution < -0.4 is 0 Å². The molecule has 1 aromatic carbocycles. The molecule has 4 heteroatoms. The summed E-state index contributed by atoms with van der Waals surface area (Å²) in [6.07, 6.45) is 6.07. The van der Waals surface area contributed by atoms with E-state index in [1.807, 2.05) is 6.07 Å². The zero-order valence-corrected chi connectivity index (χ0v) is 14.8. The lowest BCUT2D eigenvalue weighted by atomic mass is 9.79. The minimum absolute atomic E-state index is 0.0410. The predicted molar refractivity (Wildman–Crippen MR) is 88.5 cm³/mol. The molecule has 1 saturated heterocycles. The highest BCUT2D eigenvalue weighted by Crippen LogP contribution is 2.35. The Hall–Kier alpha value is 0.0700. The van der Waals surface area contributed by atoms with Crippen LogP contribution >= 0.6 is 31.9 Å². The van der Waals surface area contributed by atoms with Crippen molar-refractivity contribution in [1.29, 1.82) is 0 Å². The van der Waals surface area contributed by atoms with Crippen molar-refractivity contribution >= 4 is 31.9 Å². The highest BCUT2D eigenvalue weighted by molar-refractivity contribution is 9.09. The van der Waals surface area contributed by atoms with E-state index in [1.54, 1.807) is 12.1 Å². The third-order valence-corrected chi connectivity index (χ3v) is 6.30. The van der Waals surface area contributed by atoms with E-state index in [2.05, 4.69) is 31.9 Å². The fourth-order valence-electron chi connectivity index (χ4n) is 2.83. The molecule has 1 unspecified atom stereocenters. The summed E-state index contributed by atoms with van der Waals surface area (Å²) in [7, 11) is 0. The van der Waals surface area contributed by atoms with E-state index in [0.717, 1.165) is 42.1 Å². The number of alkyl halides is 2. The number of rotatable bonds is 7. The van der Waals surface area contributed by atoms with Crippen LogP contribution in [0.3, 0.4) is 0 Å². The Bertz CT molecular complexity index is 415. The monoisotopic (exact) mass is 406 g/mol. The second-order valence-electron chi connectivity index (χ2n) is 5.59. The largest absolute Gasteiger partial charge is 0.378 e. The van der Waals surface area contributed by atoms with Crippen LogP contribution in [0.2, 0.25) is 0 Å². The Morgan fingerprint density at radius 1 is 1.30 bits per heavy atom. The van der Waals surface area contributed by atoms with Crippen molar-refractivity contribution in [3.63, 3.8) is 0 Å². The lowest BCUT2D eigenvalue weighted by Gasteiger charge is -2.31. The minimum atomic E-state index is -0.159. The molecule has 0 saturated carbocycles. The molecule has 2 rings (SSSR count). The smallest absolute Gasteiger partial charge is 0.123 e. The van der Waals surface area contributed by atoms with Crippen molar-refractivity contribution in [3.8, 4) is 0 Å². The first-order valence-corrected chi connectivity index (χ1v) is 9.44. The van der Waals surface area contributed by atoms with Crippen molar-refractivity contribution in [2.45, 2.75) is 43.6 Å². The van der Waals surface area contributed by atoms with Gasteiger partial charge in [-0.05, 0) is 49.8 Å². The van der Waals surface area contributed by atoms with E-state index in [0.29, 0.717) is 6.10 Å². The van der Waals surface area contributed by atoms with Gasteiger partial charge in [-0.2, -0.15) is 0 Å². The van der Waals surface area contributed by atoms with Gasteiger partial charge >= 0.3 is 0 Å². The standard InChI is InChI=1S/C16H21Br2FO/c17-11-16(12-18,13-4-1-5-14(19)10-13)8-2-6-15-7-3-9-20-15/h1,4-5,10,15H,2-3,6-9,11-12H2. The highest BCUT2D eigenvalue weighted by atomic mass is 79.9. The fraction of sp³-hybridized carbons (Fsp3) is 0.625. The van der Waals surface area contributed by atoms with Gasteiger partial charge in [0.25, 0.3) is 0 Å². The maximum atomic E-state index is 13.5. The van der Waals surface area contributed by atoms with E-state index >= 15 is 0 Å². The Morgan fingerprint density at radius 2 is 2.10 bits per heavy atom. The minimum Gasteiger partial charge on any atom is -0.378 e. The zero-order valence-electron chi connectivity index (χ0n) is 11.6. The molecule has 0 aliphatic carbocycles. The van der Waals surface area contributed by atoms with Crippen LogP contribution in [0.5, 0.6) is 0 Å². The number of benzene rings is 1. The molecular weight excluding hydrogens is 387 g/mol. The summed E-state index contributed by atoms with van der Waals surface area (Å²) in [5.41, 5.74) is 1.03. The number of halogens is 3. The first-order valence-electron chi connectivity index (χ1n) is 7.20. The summed E-state index contributed by atoms with van der Waals surface area (Å²) in [4.78, 5) is 0. The molecule has 0 bridgehead atoms. The first-order chi connectivity index (χ1) is 9.70. The molecule has 0 amide bonds. The van der Waals surface area contributed by atoms with Gasteiger partial charge in [-0.1, -0.05) is 44.0 Å². The maximum Gasteiger partial charge on any atom is 0.123 e. The number of hydrogen-bond donors (Lipinski definition) is 0. The lowest BCUT2D eigenvalue weighted by molar-refractivity contribution is 0.101. The molecule has 1 nitrogen and oxygen atoms in total. The average molecular weight is 408 g/mol. The Balaban J connectivity index is 2.00. The van der Waals surface area contributed by atoms with Gasteiger partial charge in [0, 0.05) is 22.7 Å². The quantitative estimate of drug-likeness (QED) is 0.564. The van der Waals surface area contributed by atoms with E-state index in [1.165, 1.54) is 18.9 Å². The normalized spacial score (nSPS) is 19.4. The third-order valence-electron chi connectivity index (χ3n) is 4.15. The topological polar surface area (TPSA) is 9.23 Å². The molecule has 1 aliphatic rings. The van der Waals surface area contributed by atoms with E-state index in [-0.39, 0.29) is 11.2 Å².